The topological polar surface area (TPSA) is 65.3 Å². The maximum absolute atomic E-state index is 12.6. The third-order valence-electron chi connectivity index (χ3n) is 1.97. The van der Waals surface area contributed by atoms with Crippen molar-refractivity contribution in [2.45, 2.75) is 0 Å². The van der Waals surface area contributed by atoms with Crippen LogP contribution in [0.3, 0.4) is 0 Å². The van der Waals surface area contributed by atoms with E-state index in [2.05, 4.69) is 4.98 Å². The average molecular weight is 234 g/mol. The first kappa shape index (κ1) is 11.0. The van der Waals surface area contributed by atoms with Gasteiger partial charge in [-0.1, -0.05) is 0 Å². The number of nitrogens with zero attached hydrogens (tertiary/aromatic N) is 2. The molecule has 0 N–H and O–H groups in total. The lowest BCUT2D eigenvalue weighted by atomic mass is 10.3. The van der Waals surface area contributed by atoms with Gasteiger partial charge in [0.15, 0.2) is 0 Å². The van der Waals surface area contributed by atoms with Crippen LogP contribution in [-0.2, 0) is 0 Å². The van der Waals surface area contributed by atoms with Gasteiger partial charge in [0.1, 0.15) is 17.8 Å². The van der Waals surface area contributed by atoms with Crippen molar-refractivity contribution in [3.63, 3.8) is 0 Å². The first-order valence-corrected chi connectivity index (χ1v) is 4.69. The summed E-state index contributed by atoms with van der Waals surface area (Å²) < 4.78 is 17.9. The molecule has 2 rings (SSSR count). The number of hydrogen-bond acceptors (Lipinski definition) is 4. The average Bonchev–Trinajstić information content (AvgIpc) is 2.33. The van der Waals surface area contributed by atoms with Gasteiger partial charge in [0.2, 0.25) is 5.88 Å². The molecule has 0 unspecified atom stereocenters. The summed E-state index contributed by atoms with van der Waals surface area (Å²) in [4.78, 5) is 13.6. The quantitative estimate of drug-likeness (QED) is 0.605. The van der Waals surface area contributed by atoms with E-state index in [1.54, 1.807) is 0 Å². The zero-order valence-corrected chi connectivity index (χ0v) is 8.54. The van der Waals surface area contributed by atoms with Crippen LogP contribution >= 0.6 is 0 Å². The Hall–Kier alpha value is -2.50. The maximum atomic E-state index is 12.6. The number of hydrogen-bond donors (Lipinski definition) is 0. The molecule has 5 nitrogen and oxygen atoms in total. The van der Waals surface area contributed by atoms with Gasteiger partial charge >= 0.3 is 0 Å². The highest BCUT2D eigenvalue weighted by atomic mass is 19.1. The normalized spacial score (nSPS) is 9.94. The molecule has 0 saturated carbocycles. The number of nitro groups is 1. The first-order valence-electron chi connectivity index (χ1n) is 4.69. The van der Waals surface area contributed by atoms with Gasteiger partial charge in [-0.15, -0.1) is 0 Å². The summed E-state index contributed by atoms with van der Waals surface area (Å²) in [5, 5.41) is 10.4. The van der Waals surface area contributed by atoms with E-state index in [0.29, 0.717) is 5.75 Å². The Morgan fingerprint density at radius 1 is 1.18 bits per heavy atom. The Morgan fingerprint density at radius 2 is 1.88 bits per heavy atom. The molecule has 0 saturated heterocycles. The lowest BCUT2D eigenvalue weighted by Gasteiger charge is -2.03. The van der Waals surface area contributed by atoms with Gasteiger partial charge in [-0.25, -0.2) is 9.37 Å². The minimum absolute atomic E-state index is 0.114. The molecule has 0 atom stereocenters. The van der Waals surface area contributed by atoms with Crippen LogP contribution in [0.1, 0.15) is 0 Å². The highest BCUT2D eigenvalue weighted by Crippen LogP contribution is 2.21. The minimum atomic E-state index is -0.547. The molecule has 0 bridgehead atoms. The summed E-state index contributed by atoms with van der Waals surface area (Å²) in [6.45, 7) is 0. The van der Waals surface area contributed by atoms with Crippen molar-refractivity contribution in [1.29, 1.82) is 0 Å². The van der Waals surface area contributed by atoms with Crippen LogP contribution in [0.25, 0.3) is 0 Å². The monoisotopic (exact) mass is 234 g/mol. The molecule has 1 heterocycles. The van der Waals surface area contributed by atoms with Crippen molar-refractivity contribution in [3.8, 4) is 11.6 Å². The van der Waals surface area contributed by atoms with E-state index in [-0.39, 0.29) is 17.4 Å². The van der Waals surface area contributed by atoms with Crippen molar-refractivity contribution in [1.82, 2.24) is 4.98 Å². The van der Waals surface area contributed by atoms with E-state index >= 15 is 0 Å². The molecule has 0 aliphatic heterocycles. The summed E-state index contributed by atoms with van der Waals surface area (Å²) in [5.74, 6) is 0.254. The van der Waals surface area contributed by atoms with Gasteiger partial charge in [-0.3, -0.25) is 10.1 Å². The van der Waals surface area contributed by atoms with Crippen molar-refractivity contribution < 1.29 is 14.1 Å². The molecular weight excluding hydrogens is 227 g/mol. The smallest absolute Gasteiger partial charge is 0.287 e. The highest BCUT2D eigenvalue weighted by Gasteiger charge is 2.06. The molecule has 17 heavy (non-hydrogen) atoms. The van der Waals surface area contributed by atoms with Crippen molar-refractivity contribution in [2.75, 3.05) is 0 Å². The Labute approximate surface area is 95.6 Å². The summed E-state index contributed by atoms with van der Waals surface area (Å²) in [5.41, 5.74) is -0.114. The van der Waals surface area contributed by atoms with Crippen LogP contribution in [0.15, 0.2) is 42.6 Å². The summed E-state index contributed by atoms with van der Waals surface area (Å²) >= 11 is 0. The van der Waals surface area contributed by atoms with Crippen LogP contribution < -0.4 is 4.74 Å². The largest absolute Gasteiger partial charge is 0.439 e. The van der Waals surface area contributed by atoms with Crippen LogP contribution in [-0.4, -0.2) is 9.91 Å². The molecule has 0 aliphatic carbocycles. The first-order chi connectivity index (χ1) is 8.15. The standard InChI is InChI=1S/C11H7FN2O3/c12-8-1-4-10(5-2-8)17-11-6-3-9(7-13-11)14(15)16/h1-7H. The van der Waals surface area contributed by atoms with E-state index < -0.39 is 4.92 Å². The van der Waals surface area contributed by atoms with Gasteiger partial charge in [-0.2, -0.15) is 0 Å². The molecule has 0 amide bonds. The van der Waals surface area contributed by atoms with Crippen molar-refractivity contribution >= 4 is 5.69 Å². The van der Waals surface area contributed by atoms with Crippen LogP contribution in [0.5, 0.6) is 11.6 Å². The molecule has 2 aromatic rings. The van der Waals surface area contributed by atoms with Crippen LogP contribution in [0.4, 0.5) is 10.1 Å². The molecular formula is C11H7FN2O3. The van der Waals surface area contributed by atoms with Crippen molar-refractivity contribution in [3.05, 3.63) is 58.5 Å². The van der Waals surface area contributed by atoms with Gasteiger partial charge in [0.25, 0.3) is 5.69 Å². The van der Waals surface area contributed by atoms with Crippen LogP contribution in [0, 0.1) is 15.9 Å². The molecule has 86 valence electrons. The van der Waals surface area contributed by atoms with E-state index in [9.17, 15) is 14.5 Å². The van der Waals surface area contributed by atoms with Gasteiger partial charge in [0, 0.05) is 12.1 Å². The zero-order valence-electron chi connectivity index (χ0n) is 8.54. The lowest BCUT2D eigenvalue weighted by Crippen LogP contribution is -1.91. The van der Waals surface area contributed by atoms with E-state index in [4.69, 9.17) is 4.74 Å². The fourth-order valence-electron chi connectivity index (χ4n) is 1.16. The number of benzene rings is 1. The summed E-state index contributed by atoms with van der Waals surface area (Å²) in [7, 11) is 0. The molecule has 0 aliphatic rings. The number of ether oxygens (including phenoxy) is 1. The number of halogens is 1. The molecule has 1 aromatic carbocycles. The Morgan fingerprint density at radius 3 is 2.41 bits per heavy atom. The fraction of sp³-hybridized carbons (Fsp3) is 0. The molecule has 6 heteroatoms. The van der Waals surface area contributed by atoms with Gasteiger partial charge in [0.05, 0.1) is 4.92 Å². The molecule has 0 spiro atoms. The predicted octanol–water partition coefficient (Wildman–Crippen LogP) is 2.92. The molecule has 0 radical (unpaired) electrons. The number of rotatable bonds is 3. The zero-order chi connectivity index (χ0) is 12.3. The molecule has 1 aromatic heterocycles. The van der Waals surface area contributed by atoms with Gasteiger partial charge in [-0.05, 0) is 24.3 Å². The second-order valence-corrected chi connectivity index (χ2v) is 3.17. The van der Waals surface area contributed by atoms with E-state index in [1.807, 2.05) is 0 Å². The van der Waals surface area contributed by atoms with E-state index in [0.717, 1.165) is 6.20 Å². The third kappa shape index (κ3) is 2.75. The second-order valence-electron chi connectivity index (χ2n) is 3.17. The minimum Gasteiger partial charge on any atom is -0.439 e. The summed E-state index contributed by atoms with van der Waals surface area (Å²) in [6.07, 6.45) is 1.10. The Bertz CT molecular complexity index is 525. The second kappa shape index (κ2) is 4.56. The van der Waals surface area contributed by atoms with Crippen LogP contribution in [0.2, 0.25) is 0 Å². The summed E-state index contributed by atoms with van der Waals surface area (Å²) in [6, 6.07) is 8.05. The predicted molar refractivity (Wildman–Crippen MR) is 57.4 cm³/mol. The Balaban J connectivity index is 2.13. The van der Waals surface area contributed by atoms with Gasteiger partial charge < -0.3 is 4.74 Å². The van der Waals surface area contributed by atoms with Crippen molar-refractivity contribution in [2.24, 2.45) is 0 Å². The molecule has 0 fully saturated rings. The SMILES string of the molecule is O=[N+]([O-])c1ccc(Oc2ccc(F)cc2)nc1. The Kier molecular flexibility index (Phi) is 2.95. The lowest BCUT2D eigenvalue weighted by molar-refractivity contribution is -0.385. The number of pyridine rings is 1. The number of aromatic nitrogens is 1. The van der Waals surface area contributed by atoms with E-state index in [1.165, 1.54) is 36.4 Å². The maximum Gasteiger partial charge on any atom is 0.287 e. The highest BCUT2D eigenvalue weighted by molar-refractivity contribution is 5.32. The third-order valence-corrected chi connectivity index (χ3v) is 1.97. The fourth-order valence-corrected chi connectivity index (χ4v) is 1.16.